The van der Waals surface area contributed by atoms with Gasteiger partial charge in [-0.15, -0.1) is 0 Å². The number of carbonyl (C=O) groups excluding carboxylic acids is 1. The van der Waals surface area contributed by atoms with Gasteiger partial charge in [0, 0.05) is 6.07 Å². The highest BCUT2D eigenvalue weighted by Crippen LogP contribution is 2.23. The van der Waals surface area contributed by atoms with Gasteiger partial charge in [0.1, 0.15) is 11.5 Å². The molecule has 0 aromatic heterocycles. The van der Waals surface area contributed by atoms with Crippen molar-refractivity contribution in [3.63, 3.8) is 0 Å². The normalized spacial score (nSPS) is 9.38. The molecule has 0 atom stereocenters. The monoisotopic (exact) mass is 226 g/mol. The van der Waals surface area contributed by atoms with E-state index in [1.54, 1.807) is 0 Å². The third-order valence-corrected chi connectivity index (χ3v) is 1.73. The van der Waals surface area contributed by atoms with Crippen molar-refractivity contribution in [2.24, 2.45) is 0 Å². The lowest BCUT2D eigenvalue weighted by atomic mass is 10.2. The number of benzene rings is 1. The summed E-state index contributed by atoms with van der Waals surface area (Å²) in [6.07, 6.45) is -0.926. The number of carboxylic acids is 1. The summed E-state index contributed by atoms with van der Waals surface area (Å²) in [5.41, 5.74) is -0.0433. The molecule has 0 aliphatic rings. The maximum absolute atomic E-state index is 10.8. The minimum Gasteiger partial charge on any atom is -0.497 e. The van der Waals surface area contributed by atoms with Crippen LogP contribution in [0.5, 0.6) is 11.5 Å². The number of carbonyl (C=O) groups is 2. The molecule has 86 valence electrons. The summed E-state index contributed by atoms with van der Waals surface area (Å²) in [6.45, 7) is 0. The summed E-state index contributed by atoms with van der Waals surface area (Å²) in [7, 11) is 2.53. The van der Waals surface area contributed by atoms with Gasteiger partial charge in [-0.3, -0.25) is 0 Å². The van der Waals surface area contributed by atoms with Gasteiger partial charge in [0.05, 0.1) is 19.8 Å². The van der Waals surface area contributed by atoms with Crippen LogP contribution in [0.25, 0.3) is 0 Å². The fraction of sp³-hybridized carbons (Fsp3) is 0.200. The fourth-order valence-electron chi connectivity index (χ4n) is 1.01. The molecule has 0 saturated carbocycles. The first-order valence-corrected chi connectivity index (χ1v) is 4.25. The number of ether oxygens (including phenoxy) is 3. The zero-order valence-electron chi connectivity index (χ0n) is 8.72. The minimum absolute atomic E-state index is 0.0433. The third kappa shape index (κ3) is 2.88. The molecule has 0 aliphatic carbocycles. The van der Waals surface area contributed by atoms with Crippen LogP contribution in [-0.4, -0.2) is 31.5 Å². The highest BCUT2D eigenvalue weighted by Gasteiger charge is 2.11. The summed E-state index contributed by atoms with van der Waals surface area (Å²) in [5, 5.41) is 8.79. The molecule has 0 heterocycles. The van der Waals surface area contributed by atoms with E-state index in [-0.39, 0.29) is 17.1 Å². The molecule has 0 saturated heterocycles. The number of aromatic carboxylic acids is 1. The second-order valence-electron chi connectivity index (χ2n) is 2.76. The molecule has 1 aromatic carbocycles. The molecule has 0 unspecified atom stereocenters. The Labute approximate surface area is 91.3 Å². The molecular formula is C10H10O6. The van der Waals surface area contributed by atoms with Crippen molar-refractivity contribution in [2.45, 2.75) is 0 Å². The van der Waals surface area contributed by atoms with Gasteiger partial charge in [0.25, 0.3) is 0 Å². The van der Waals surface area contributed by atoms with Gasteiger partial charge in [0.2, 0.25) is 0 Å². The molecule has 1 aromatic rings. The van der Waals surface area contributed by atoms with E-state index in [9.17, 15) is 9.59 Å². The van der Waals surface area contributed by atoms with Gasteiger partial charge in [0.15, 0.2) is 0 Å². The van der Waals surface area contributed by atoms with Crippen LogP contribution in [0.2, 0.25) is 0 Å². The van der Waals surface area contributed by atoms with Gasteiger partial charge >= 0.3 is 12.1 Å². The van der Waals surface area contributed by atoms with E-state index in [0.29, 0.717) is 0 Å². The highest BCUT2D eigenvalue weighted by molar-refractivity contribution is 5.88. The average Bonchev–Trinajstić information content (AvgIpc) is 2.28. The van der Waals surface area contributed by atoms with Gasteiger partial charge in [-0.25, -0.2) is 9.59 Å². The Morgan fingerprint density at radius 1 is 1.12 bits per heavy atom. The van der Waals surface area contributed by atoms with Crippen molar-refractivity contribution in [2.75, 3.05) is 14.2 Å². The van der Waals surface area contributed by atoms with Gasteiger partial charge in [-0.2, -0.15) is 0 Å². The van der Waals surface area contributed by atoms with Crippen molar-refractivity contribution in [3.05, 3.63) is 23.8 Å². The number of methoxy groups -OCH3 is 2. The topological polar surface area (TPSA) is 82.1 Å². The molecule has 0 aliphatic heterocycles. The summed E-state index contributed by atoms with van der Waals surface area (Å²) >= 11 is 0. The maximum Gasteiger partial charge on any atom is 0.513 e. The lowest BCUT2D eigenvalue weighted by Crippen LogP contribution is -2.08. The second kappa shape index (κ2) is 5.01. The number of rotatable bonds is 3. The van der Waals surface area contributed by atoms with E-state index in [4.69, 9.17) is 14.6 Å². The van der Waals surface area contributed by atoms with E-state index >= 15 is 0 Å². The van der Waals surface area contributed by atoms with Gasteiger partial charge in [-0.1, -0.05) is 0 Å². The van der Waals surface area contributed by atoms with E-state index in [0.717, 1.165) is 7.11 Å². The van der Waals surface area contributed by atoms with Crippen LogP contribution in [0.4, 0.5) is 4.79 Å². The fourth-order valence-corrected chi connectivity index (χ4v) is 1.01. The predicted molar refractivity (Wildman–Crippen MR) is 53.0 cm³/mol. The molecule has 0 spiro atoms. The Kier molecular flexibility index (Phi) is 3.71. The molecule has 16 heavy (non-hydrogen) atoms. The van der Waals surface area contributed by atoms with E-state index < -0.39 is 12.1 Å². The summed E-state index contributed by atoms with van der Waals surface area (Å²) in [6, 6.07) is 3.89. The smallest absolute Gasteiger partial charge is 0.497 e. The summed E-state index contributed by atoms with van der Waals surface area (Å²) in [5.74, 6) is -0.823. The van der Waals surface area contributed by atoms with Crippen molar-refractivity contribution in [1.29, 1.82) is 0 Å². The van der Waals surface area contributed by atoms with Crippen LogP contribution < -0.4 is 9.47 Å². The molecular weight excluding hydrogens is 216 g/mol. The van der Waals surface area contributed by atoms with Crippen LogP contribution >= 0.6 is 0 Å². The second-order valence-corrected chi connectivity index (χ2v) is 2.76. The average molecular weight is 226 g/mol. The van der Waals surface area contributed by atoms with Gasteiger partial charge < -0.3 is 19.3 Å². The molecule has 0 amide bonds. The Bertz CT molecular complexity index is 412. The first kappa shape index (κ1) is 11.8. The van der Waals surface area contributed by atoms with Crippen molar-refractivity contribution in [1.82, 2.24) is 0 Å². The summed E-state index contributed by atoms with van der Waals surface area (Å²) in [4.78, 5) is 21.6. The van der Waals surface area contributed by atoms with Crippen LogP contribution in [0.15, 0.2) is 18.2 Å². The van der Waals surface area contributed by atoms with Crippen molar-refractivity contribution < 1.29 is 28.9 Å². The molecule has 1 N–H and O–H groups in total. The zero-order chi connectivity index (χ0) is 12.1. The van der Waals surface area contributed by atoms with Crippen LogP contribution in [0.3, 0.4) is 0 Å². The number of hydrogen-bond donors (Lipinski definition) is 1. The Morgan fingerprint density at radius 3 is 2.25 bits per heavy atom. The Morgan fingerprint density at radius 2 is 1.75 bits per heavy atom. The van der Waals surface area contributed by atoms with Crippen molar-refractivity contribution in [3.8, 4) is 11.5 Å². The molecule has 1 rings (SSSR count). The zero-order valence-corrected chi connectivity index (χ0v) is 8.72. The lowest BCUT2D eigenvalue weighted by molar-refractivity contribution is 0.0695. The van der Waals surface area contributed by atoms with E-state index in [2.05, 4.69) is 4.74 Å². The molecule has 6 nitrogen and oxygen atoms in total. The molecule has 6 heteroatoms. The SMILES string of the molecule is COC(=O)Oc1cc(OC)cc(C(=O)O)c1. The Hall–Kier alpha value is -2.24. The molecule has 0 fully saturated rings. The molecule has 0 radical (unpaired) electrons. The number of carboxylic acid groups (broad SMARTS) is 1. The first-order valence-electron chi connectivity index (χ1n) is 4.25. The first-order chi connectivity index (χ1) is 7.56. The summed E-state index contributed by atoms with van der Waals surface area (Å²) < 4.78 is 13.8. The number of hydrogen-bond acceptors (Lipinski definition) is 5. The predicted octanol–water partition coefficient (Wildman–Crippen LogP) is 1.54. The Balaban J connectivity index is 3.04. The van der Waals surface area contributed by atoms with E-state index in [1.165, 1.54) is 25.3 Å². The highest BCUT2D eigenvalue weighted by atomic mass is 16.7. The maximum atomic E-state index is 10.8. The molecule has 0 bridgehead atoms. The lowest BCUT2D eigenvalue weighted by Gasteiger charge is -2.06. The largest absolute Gasteiger partial charge is 0.513 e. The third-order valence-electron chi connectivity index (χ3n) is 1.73. The minimum atomic E-state index is -1.14. The standard InChI is InChI=1S/C10H10O6/c1-14-7-3-6(9(11)12)4-8(5-7)16-10(13)15-2/h3-5H,1-2H3,(H,11,12). The van der Waals surface area contributed by atoms with Crippen LogP contribution in [0, 0.1) is 0 Å². The van der Waals surface area contributed by atoms with Gasteiger partial charge in [-0.05, 0) is 12.1 Å². The van der Waals surface area contributed by atoms with Crippen LogP contribution in [0.1, 0.15) is 10.4 Å². The quantitative estimate of drug-likeness (QED) is 0.621. The van der Waals surface area contributed by atoms with Crippen LogP contribution in [-0.2, 0) is 4.74 Å². The van der Waals surface area contributed by atoms with E-state index in [1.807, 2.05) is 0 Å². The van der Waals surface area contributed by atoms with Crippen molar-refractivity contribution >= 4 is 12.1 Å².